The van der Waals surface area contributed by atoms with Crippen LogP contribution in [0.25, 0.3) is 0 Å². The van der Waals surface area contributed by atoms with Crippen LogP contribution in [0.15, 0.2) is 60.0 Å². The first-order valence-corrected chi connectivity index (χ1v) is 12.1. The molecule has 0 aliphatic carbocycles. The van der Waals surface area contributed by atoms with E-state index in [4.69, 9.17) is 11.6 Å². The van der Waals surface area contributed by atoms with E-state index in [9.17, 15) is 4.39 Å². The van der Waals surface area contributed by atoms with Crippen molar-refractivity contribution in [3.8, 4) is 0 Å². The van der Waals surface area contributed by atoms with E-state index in [1.54, 1.807) is 11.3 Å². The Balaban J connectivity index is 1.43. The summed E-state index contributed by atoms with van der Waals surface area (Å²) in [5, 5.41) is 15.5. The largest absolute Gasteiger partial charge is 0.369 e. The summed E-state index contributed by atoms with van der Waals surface area (Å²) >= 11 is 7.94. The molecular weight excluding hydrogens is 459 g/mol. The predicted molar refractivity (Wildman–Crippen MR) is 129 cm³/mol. The summed E-state index contributed by atoms with van der Waals surface area (Å²) in [4.78, 5) is 5.93. The molecule has 0 saturated carbocycles. The van der Waals surface area contributed by atoms with Crippen LogP contribution in [0.1, 0.15) is 27.9 Å². The van der Waals surface area contributed by atoms with Crippen LogP contribution in [0.3, 0.4) is 0 Å². The molecular formula is C24H24ClFN6S. The van der Waals surface area contributed by atoms with Crippen molar-refractivity contribution in [2.24, 2.45) is 0 Å². The van der Waals surface area contributed by atoms with Crippen molar-refractivity contribution in [1.29, 1.82) is 0 Å². The molecule has 0 spiro atoms. The predicted octanol–water partition coefficient (Wildman–Crippen LogP) is 4.80. The summed E-state index contributed by atoms with van der Waals surface area (Å²) in [6, 6.07) is 16.6. The molecule has 1 atom stereocenters. The molecule has 0 radical (unpaired) electrons. The summed E-state index contributed by atoms with van der Waals surface area (Å²) < 4.78 is 15.6. The number of tetrazole rings is 1. The lowest BCUT2D eigenvalue weighted by molar-refractivity contribution is 0.201. The third-order valence-electron chi connectivity index (χ3n) is 6.07. The van der Waals surface area contributed by atoms with Gasteiger partial charge in [-0.05, 0) is 64.2 Å². The van der Waals surface area contributed by atoms with Crippen molar-refractivity contribution in [3.63, 3.8) is 0 Å². The van der Waals surface area contributed by atoms with Gasteiger partial charge in [0.25, 0.3) is 0 Å². The molecule has 4 aromatic rings. The highest BCUT2D eigenvalue weighted by atomic mass is 35.5. The van der Waals surface area contributed by atoms with Crippen molar-refractivity contribution in [1.82, 2.24) is 25.1 Å². The molecule has 1 aliphatic rings. The van der Waals surface area contributed by atoms with Crippen molar-refractivity contribution >= 4 is 28.6 Å². The van der Waals surface area contributed by atoms with Gasteiger partial charge in [-0.3, -0.25) is 4.90 Å². The zero-order valence-electron chi connectivity index (χ0n) is 18.2. The smallest absolute Gasteiger partial charge is 0.173 e. The van der Waals surface area contributed by atoms with E-state index in [1.165, 1.54) is 28.3 Å². The molecule has 6 nitrogen and oxygen atoms in total. The minimum Gasteiger partial charge on any atom is -0.369 e. The fraction of sp³-hybridized carbons (Fsp3) is 0.292. The highest BCUT2D eigenvalue weighted by Gasteiger charge is 2.31. The normalized spacial score (nSPS) is 15.7. The average Bonchev–Trinajstić information content (AvgIpc) is 3.50. The molecule has 5 rings (SSSR count). The first kappa shape index (κ1) is 22.0. The van der Waals surface area contributed by atoms with Gasteiger partial charge in [-0.2, -0.15) is 0 Å². The minimum atomic E-state index is -0.253. The SMILES string of the molecule is Cc1ccc(Cl)cc1N1CCN(C(c2ccc(F)cc2)c2nnnn2Cc2cccs2)CC1. The molecule has 1 unspecified atom stereocenters. The standard InChI is InChI=1S/C24H24ClFN6S/c1-17-4-7-19(25)15-22(17)30-10-12-31(13-11-30)23(18-5-8-20(26)9-6-18)24-27-28-29-32(24)16-21-3-2-14-33-21/h2-9,14-15,23H,10-13,16H2,1H3. The van der Waals surface area contributed by atoms with Crippen LogP contribution in [0.4, 0.5) is 10.1 Å². The maximum atomic E-state index is 13.7. The second-order valence-electron chi connectivity index (χ2n) is 8.18. The number of rotatable bonds is 6. The lowest BCUT2D eigenvalue weighted by atomic mass is 10.0. The first-order valence-electron chi connectivity index (χ1n) is 10.9. The van der Waals surface area contributed by atoms with Gasteiger partial charge < -0.3 is 4.90 Å². The Hall–Kier alpha value is -2.81. The zero-order valence-corrected chi connectivity index (χ0v) is 19.8. The van der Waals surface area contributed by atoms with Gasteiger partial charge in [-0.15, -0.1) is 16.4 Å². The lowest BCUT2D eigenvalue weighted by Crippen LogP contribution is -2.48. The van der Waals surface area contributed by atoms with Gasteiger partial charge in [-0.25, -0.2) is 9.07 Å². The van der Waals surface area contributed by atoms with Gasteiger partial charge in [0.15, 0.2) is 5.82 Å². The Morgan fingerprint density at radius 3 is 2.58 bits per heavy atom. The van der Waals surface area contributed by atoms with Gasteiger partial charge in [0, 0.05) is 41.8 Å². The maximum absolute atomic E-state index is 13.7. The van der Waals surface area contributed by atoms with E-state index in [-0.39, 0.29) is 11.9 Å². The molecule has 1 aliphatic heterocycles. The number of thiophene rings is 1. The topological polar surface area (TPSA) is 50.1 Å². The van der Waals surface area contributed by atoms with Crippen LogP contribution in [0.5, 0.6) is 0 Å². The van der Waals surface area contributed by atoms with Gasteiger partial charge in [0.05, 0.1) is 12.6 Å². The Morgan fingerprint density at radius 1 is 1.06 bits per heavy atom. The number of hydrogen-bond acceptors (Lipinski definition) is 6. The number of nitrogens with zero attached hydrogens (tertiary/aromatic N) is 6. The number of hydrogen-bond donors (Lipinski definition) is 0. The Kier molecular flexibility index (Phi) is 6.39. The lowest BCUT2D eigenvalue weighted by Gasteiger charge is -2.40. The third kappa shape index (κ3) is 4.78. The summed E-state index contributed by atoms with van der Waals surface area (Å²) in [7, 11) is 0. The number of piperazine rings is 1. The number of aryl methyl sites for hydroxylation is 1. The van der Waals surface area contributed by atoms with Crippen molar-refractivity contribution < 1.29 is 4.39 Å². The van der Waals surface area contributed by atoms with E-state index in [0.717, 1.165) is 42.6 Å². The van der Waals surface area contributed by atoms with Crippen LogP contribution in [-0.4, -0.2) is 51.3 Å². The molecule has 0 bridgehead atoms. The molecule has 2 aromatic heterocycles. The number of benzene rings is 2. The Labute approximate surface area is 201 Å². The van der Waals surface area contributed by atoms with Gasteiger partial charge >= 0.3 is 0 Å². The molecule has 170 valence electrons. The van der Waals surface area contributed by atoms with Crippen LogP contribution < -0.4 is 4.90 Å². The fourth-order valence-corrected chi connectivity index (χ4v) is 5.23. The number of anilines is 1. The van der Waals surface area contributed by atoms with Gasteiger partial charge in [-0.1, -0.05) is 35.9 Å². The first-order chi connectivity index (χ1) is 16.1. The van der Waals surface area contributed by atoms with E-state index in [0.29, 0.717) is 6.54 Å². The van der Waals surface area contributed by atoms with Crippen molar-refractivity contribution in [2.75, 3.05) is 31.1 Å². The van der Waals surface area contributed by atoms with Crippen LogP contribution >= 0.6 is 22.9 Å². The zero-order chi connectivity index (χ0) is 22.8. The molecule has 3 heterocycles. The number of aromatic nitrogens is 4. The fourth-order valence-electron chi connectivity index (χ4n) is 4.38. The van der Waals surface area contributed by atoms with E-state index in [2.05, 4.69) is 44.4 Å². The second kappa shape index (κ2) is 9.59. The third-order valence-corrected chi connectivity index (χ3v) is 7.16. The highest BCUT2D eigenvalue weighted by molar-refractivity contribution is 7.09. The van der Waals surface area contributed by atoms with E-state index < -0.39 is 0 Å². The van der Waals surface area contributed by atoms with Gasteiger partial charge in [0.1, 0.15) is 5.82 Å². The molecule has 33 heavy (non-hydrogen) atoms. The Morgan fingerprint density at radius 2 is 1.85 bits per heavy atom. The molecule has 1 saturated heterocycles. The molecule has 0 N–H and O–H groups in total. The van der Waals surface area contributed by atoms with Gasteiger partial charge in [0.2, 0.25) is 0 Å². The molecule has 9 heteroatoms. The van der Waals surface area contributed by atoms with Crippen LogP contribution in [-0.2, 0) is 6.54 Å². The maximum Gasteiger partial charge on any atom is 0.173 e. The quantitative estimate of drug-likeness (QED) is 0.395. The Bertz CT molecular complexity index is 1200. The summed E-state index contributed by atoms with van der Waals surface area (Å²) in [5.41, 5.74) is 3.36. The summed E-state index contributed by atoms with van der Waals surface area (Å²) in [5.74, 6) is 0.513. The summed E-state index contributed by atoms with van der Waals surface area (Å²) in [6.07, 6.45) is 0. The van der Waals surface area contributed by atoms with Crippen LogP contribution in [0.2, 0.25) is 5.02 Å². The highest BCUT2D eigenvalue weighted by Crippen LogP contribution is 2.31. The molecule has 1 fully saturated rings. The average molecular weight is 483 g/mol. The second-order valence-corrected chi connectivity index (χ2v) is 9.65. The van der Waals surface area contributed by atoms with Crippen molar-refractivity contribution in [2.45, 2.75) is 19.5 Å². The molecule has 0 amide bonds. The summed E-state index contributed by atoms with van der Waals surface area (Å²) in [6.45, 7) is 6.06. The molecule has 2 aromatic carbocycles. The monoisotopic (exact) mass is 482 g/mol. The number of halogens is 2. The van der Waals surface area contributed by atoms with Crippen LogP contribution in [0, 0.1) is 12.7 Å². The van der Waals surface area contributed by atoms with E-state index >= 15 is 0 Å². The minimum absolute atomic E-state index is 0.164. The van der Waals surface area contributed by atoms with E-state index in [1.807, 2.05) is 40.4 Å². The van der Waals surface area contributed by atoms with Crippen molar-refractivity contribution in [3.05, 3.63) is 92.6 Å².